The normalized spacial score (nSPS) is 22.0. The maximum absolute atomic E-state index is 9.18. The summed E-state index contributed by atoms with van der Waals surface area (Å²) in [6, 6.07) is 2.09. The molecule has 7 nitrogen and oxygen atoms in total. The van der Waals surface area contributed by atoms with Crippen molar-refractivity contribution < 1.29 is 4.74 Å². The Hall–Kier alpha value is -2.46. The van der Waals surface area contributed by atoms with Crippen LogP contribution >= 0.6 is 0 Å². The molecule has 0 spiro atoms. The number of ether oxygens (including phenoxy) is 1. The van der Waals surface area contributed by atoms with E-state index in [9.17, 15) is 5.26 Å². The molecule has 3 rings (SSSR count). The summed E-state index contributed by atoms with van der Waals surface area (Å²) in [5, 5.41) is 13.4. The van der Waals surface area contributed by atoms with E-state index in [-0.39, 0.29) is 0 Å². The Kier molecular flexibility index (Phi) is 3.31. The molecule has 1 unspecified atom stereocenters. The summed E-state index contributed by atoms with van der Waals surface area (Å²) >= 11 is 0. The van der Waals surface area contributed by atoms with Gasteiger partial charge in [-0.25, -0.2) is 9.97 Å². The molecule has 1 atom stereocenters. The molecular weight excluding hydrogens is 268 g/mol. The minimum atomic E-state index is -0.475. The van der Waals surface area contributed by atoms with Crippen molar-refractivity contribution >= 4 is 5.82 Å². The summed E-state index contributed by atoms with van der Waals surface area (Å²) in [5.74, 6) is 0.610. The number of rotatable bonds is 2. The summed E-state index contributed by atoms with van der Waals surface area (Å²) in [6.07, 6.45) is 6.90. The van der Waals surface area contributed by atoms with E-state index in [0.717, 1.165) is 5.56 Å². The molecule has 0 bridgehead atoms. The Morgan fingerprint density at radius 3 is 2.90 bits per heavy atom. The lowest BCUT2D eigenvalue weighted by Crippen LogP contribution is -2.48. The molecule has 1 aliphatic rings. The van der Waals surface area contributed by atoms with E-state index < -0.39 is 5.60 Å². The van der Waals surface area contributed by atoms with Gasteiger partial charge in [0.15, 0.2) is 11.5 Å². The molecular formula is C14H16N6O. The molecule has 1 saturated heterocycles. The number of aromatic nitrogens is 4. The van der Waals surface area contributed by atoms with E-state index in [1.165, 1.54) is 6.20 Å². The van der Waals surface area contributed by atoms with Crippen LogP contribution in [-0.4, -0.2) is 39.4 Å². The first-order chi connectivity index (χ1) is 10.1. The van der Waals surface area contributed by atoms with Gasteiger partial charge in [-0.15, -0.1) is 0 Å². The number of morpholine rings is 1. The predicted octanol–water partition coefficient (Wildman–Crippen LogP) is 0.834. The van der Waals surface area contributed by atoms with Gasteiger partial charge in [-0.05, 0) is 6.92 Å². The van der Waals surface area contributed by atoms with Gasteiger partial charge in [-0.2, -0.15) is 10.4 Å². The second-order valence-electron chi connectivity index (χ2n) is 5.24. The molecule has 7 heteroatoms. The van der Waals surface area contributed by atoms with Crippen LogP contribution in [-0.2, 0) is 17.4 Å². The lowest BCUT2D eigenvalue weighted by molar-refractivity contribution is -0.0468. The van der Waals surface area contributed by atoms with Crippen molar-refractivity contribution in [3.63, 3.8) is 0 Å². The van der Waals surface area contributed by atoms with Crippen LogP contribution in [0.15, 0.2) is 24.8 Å². The SMILES string of the molecule is Cn1cc(C2(C)CN(c3nccnc3C#N)CCO2)cn1. The number of nitrogens with zero attached hydrogens (tertiary/aromatic N) is 6. The lowest BCUT2D eigenvalue weighted by Gasteiger charge is -2.40. The maximum atomic E-state index is 9.18. The van der Waals surface area contributed by atoms with Crippen molar-refractivity contribution in [1.82, 2.24) is 19.7 Å². The highest BCUT2D eigenvalue weighted by Crippen LogP contribution is 2.31. The monoisotopic (exact) mass is 284 g/mol. The van der Waals surface area contributed by atoms with Crippen LogP contribution in [0.1, 0.15) is 18.2 Å². The Labute approximate surface area is 122 Å². The first kappa shape index (κ1) is 13.5. The van der Waals surface area contributed by atoms with E-state index in [4.69, 9.17) is 4.74 Å². The van der Waals surface area contributed by atoms with Crippen LogP contribution in [0.2, 0.25) is 0 Å². The third-order valence-corrected chi connectivity index (χ3v) is 3.67. The van der Waals surface area contributed by atoms with E-state index in [1.54, 1.807) is 10.9 Å². The highest BCUT2D eigenvalue weighted by Gasteiger charge is 2.36. The molecule has 1 aliphatic heterocycles. The molecule has 0 amide bonds. The zero-order valence-electron chi connectivity index (χ0n) is 12.0. The molecule has 0 aromatic carbocycles. The van der Waals surface area contributed by atoms with E-state index in [0.29, 0.717) is 31.2 Å². The van der Waals surface area contributed by atoms with Crippen LogP contribution < -0.4 is 4.90 Å². The fourth-order valence-corrected chi connectivity index (χ4v) is 2.56. The molecule has 0 aliphatic carbocycles. The first-order valence-corrected chi connectivity index (χ1v) is 6.71. The van der Waals surface area contributed by atoms with Gasteiger partial charge in [-0.3, -0.25) is 4.68 Å². The molecule has 1 fully saturated rings. The largest absolute Gasteiger partial charge is 0.367 e. The van der Waals surface area contributed by atoms with Crippen molar-refractivity contribution in [2.75, 3.05) is 24.6 Å². The summed E-state index contributed by atoms with van der Waals surface area (Å²) in [4.78, 5) is 10.4. The lowest BCUT2D eigenvalue weighted by atomic mass is 9.97. The Morgan fingerprint density at radius 2 is 2.19 bits per heavy atom. The van der Waals surface area contributed by atoms with Crippen LogP contribution in [0.25, 0.3) is 0 Å². The Morgan fingerprint density at radius 1 is 1.38 bits per heavy atom. The van der Waals surface area contributed by atoms with Crippen LogP contribution in [0.5, 0.6) is 0 Å². The van der Waals surface area contributed by atoms with Crippen molar-refractivity contribution in [2.24, 2.45) is 7.05 Å². The number of hydrogen-bond donors (Lipinski definition) is 0. The Bertz CT molecular complexity index is 691. The van der Waals surface area contributed by atoms with E-state index >= 15 is 0 Å². The van der Waals surface area contributed by atoms with Gasteiger partial charge in [0.25, 0.3) is 0 Å². The minimum absolute atomic E-state index is 0.341. The van der Waals surface area contributed by atoms with Crippen LogP contribution in [0, 0.1) is 11.3 Å². The molecule has 2 aromatic heterocycles. The number of anilines is 1. The highest BCUT2D eigenvalue weighted by atomic mass is 16.5. The summed E-state index contributed by atoms with van der Waals surface area (Å²) in [5.41, 5.74) is 0.876. The highest BCUT2D eigenvalue weighted by molar-refractivity contribution is 5.50. The summed E-state index contributed by atoms with van der Waals surface area (Å²) < 4.78 is 7.72. The Balaban J connectivity index is 1.91. The van der Waals surface area contributed by atoms with Crippen molar-refractivity contribution in [3.05, 3.63) is 36.0 Å². The average Bonchev–Trinajstić information content (AvgIpc) is 2.95. The van der Waals surface area contributed by atoms with E-state index in [2.05, 4.69) is 21.1 Å². The second-order valence-corrected chi connectivity index (χ2v) is 5.24. The van der Waals surface area contributed by atoms with Gasteiger partial charge >= 0.3 is 0 Å². The van der Waals surface area contributed by atoms with Gasteiger partial charge in [0.1, 0.15) is 11.7 Å². The molecule has 0 saturated carbocycles. The second kappa shape index (κ2) is 5.14. The van der Waals surface area contributed by atoms with Crippen molar-refractivity contribution in [1.29, 1.82) is 5.26 Å². The van der Waals surface area contributed by atoms with Gasteiger partial charge in [0.05, 0.1) is 19.3 Å². The zero-order valence-corrected chi connectivity index (χ0v) is 12.0. The molecule has 21 heavy (non-hydrogen) atoms. The molecule has 108 valence electrons. The van der Waals surface area contributed by atoms with Crippen molar-refractivity contribution in [3.8, 4) is 6.07 Å². The molecule has 0 radical (unpaired) electrons. The number of aryl methyl sites for hydroxylation is 1. The predicted molar refractivity (Wildman–Crippen MR) is 75.5 cm³/mol. The molecule has 2 aromatic rings. The van der Waals surface area contributed by atoms with Gasteiger partial charge in [-0.1, -0.05) is 0 Å². The van der Waals surface area contributed by atoms with Crippen molar-refractivity contribution in [2.45, 2.75) is 12.5 Å². The average molecular weight is 284 g/mol. The van der Waals surface area contributed by atoms with Gasteiger partial charge < -0.3 is 9.64 Å². The molecule has 0 N–H and O–H groups in total. The number of nitriles is 1. The van der Waals surface area contributed by atoms with Gasteiger partial charge in [0.2, 0.25) is 0 Å². The van der Waals surface area contributed by atoms with Crippen LogP contribution in [0.4, 0.5) is 5.82 Å². The smallest absolute Gasteiger partial charge is 0.183 e. The third-order valence-electron chi connectivity index (χ3n) is 3.67. The molecule has 3 heterocycles. The van der Waals surface area contributed by atoms with E-state index in [1.807, 2.05) is 31.3 Å². The zero-order chi connectivity index (χ0) is 14.9. The first-order valence-electron chi connectivity index (χ1n) is 6.71. The minimum Gasteiger partial charge on any atom is -0.367 e. The van der Waals surface area contributed by atoms with Gasteiger partial charge in [0, 0.05) is 37.7 Å². The summed E-state index contributed by atoms with van der Waals surface area (Å²) in [7, 11) is 1.88. The number of hydrogen-bond acceptors (Lipinski definition) is 6. The quantitative estimate of drug-likeness (QED) is 0.812. The topological polar surface area (TPSA) is 79.9 Å². The summed E-state index contributed by atoms with van der Waals surface area (Å²) in [6.45, 7) is 3.88. The van der Waals surface area contributed by atoms with Crippen LogP contribution in [0.3, 0.4) is 0 Å². The maximum Gasteiger partial charge on any atom is 0.183 e. The fourth-order valence-electron chi connectivity index (χ4n) is 2.56. The standard InChI is InChI=1S/C14H16N6O/c1-14(11-8-18-19(2)9-11)10-20(5-6-21-14)13-12(7-15)16-3-4-17-13/h3-4,8-9H,5-6,10H2,1-2H3. The third kappa shape index (κ3) is 2.45. The fraction of sp³-hybridized carbons (Fsp3) is 0.429.